The van der Waals surface area contributed by atoms with E-state index in [0.717, 1.165) is 33.6 Å². The molecule has 2 aromatic heterocycles. The predicted octanol–water partition coefficient (Wildman–Crippen LogP) is 3.11. The second-order valence-electron chi connectivity index (χ2n) is 7.22. The SMILES string of the molecule is Cc1ncc2c(n1)N(Cc1ccc(-c3ccccc3-c3nn[nH]n3)cc1)C(=O)CC2. The molecule has 30 heavy (non-hydrogen) atoms. The van der Waals surface area contributed by atoms with Gasteiger partial charge in [0.2, 0.25) is 11.7 Å². The minimum Gasteiger partial charge on any atom is -0.292 e. The van der Waals surface area contributed by atoms with Crippen molar-refractivity contribution in [2.45, 2.75) is 26.3 Å². The maximum absolute atomic E-state index is 12.6. The maximum atomic E-state index is 12.6. The van der Waals surface area contributed by atoms with Gasteiger partial charge in [0.15, 0.2) is 0 Å². The normalized spacial score (nSPS) is 13.4. The lowest BCUT2D eigenvalue weighted by atomic mass is 9.98. The van der Waals surface area contributed by atoms with Gasteiger partial charge in [-0.1, -0.05) is 48.5 Å². The first-order chi connectivity index (χ1) is 14.7. The number of hydrogen-bond donors (Lipinski definition) is 1. The molecule has 0 saturated heterocycles. The Kier molecular flexibility index (Phi) is 4.51. The van der Waals surface area contributed by atoms with E-state index in [9.17, 15) is 4.79 Å². The average molecular weight is 397 g/mol. The minimum absolute atomic E-state index is 0.0899. The van der Waals surface area contributed by atoms with Gasteiger partial charge in [-0.05, 0) is 35.2 Å². The summed E-state index contributed by atoms with van der Waals surface area (Å²) in [5, 5.41) is 14.4. The van der Waals surface area contributed by atoms with Crippen LogP contribution in [0.5, 0.6) is 0 Å². The highest BCUT2D eigenvalue weighted by atomic mass is 16.2. The van der Waals surface area contributed by atoms with Crippen LogP contribution in [0, 0.1) is 6.92 Å². The molecule has 0 unspecified atom stereocenters. The molecule has 0 spiro atoms. The molecular weight excluding hydrogens is 378 g/mol. The molecule has 0 radical (unpaired) electrons. The Labute approximate surface area is 173 Å². The molecule has 1 amide bonds. The van der Waals surface area contributed by atoms with Crippen LogP contribution in [-0.4, -0.2) is 36.5 Å². The molecule has 8 heteroatoms. The number of tetrazole rings is 1. The number of nitrogens with one attached hydrogen (secondary N) is 1. The zero-order valence-corrected chi connectivity index (χ0v) is 16.4. The van der Waals surface area contributed by atoms with Crippen molar-refractivity contribution in [3.63, 3.8) is 0 Å². The number of anilines is 1. The fourth-order valence-corrected chi connectivity index (χ4v) is 3.73. The highest BCUT2D eigenvalue weighted by Gasteiger charge is 2.26. The van der Waals surface area contributed by atoms with E-state index in [1.807, 2.05) is 49.5 Å². The fraction of sp³-hybridized carbons (Fsp3) is 0.182. The maximum Gasteiger partial charge on any atom is 0.228 e. The molecule has 1 N–H and O–H groups in total. The molecule has 148 valence electrons. The number of aryl methyl sites for hydroxylation is 2. The van der Waals surface area contributed by atoms with E-state index in [2.05, 4.69) is 42.7 Å². The Morgan fingerprint density at radius 2 is 1.83 bits per heavy atom. The smallest absolute Gasteiger partial charge is 0.228 e. The molecule has 2 aromatic carbocycles. The van der Waals surface area contributed by atoms with Crippen molar-refractivity contribution in [1.29, 1.82) is 0 Å². The van der Waals surface area contributed by atoms with Gasteiger partial charge in [-0.3, -0.25) is 9.69 Å². The number of carbonyl (C=O) groups is 1. The van der Waals surface area contributed by atoms with Gasteiger partial charge >= 0.3 is 0 Å². The molecule has 0 atom stereocenters. The van der Waals surface area contributed by atoms with E-state index in [0.29, 0.717) is 31.0 Å². The summed E-state index contributed by atoms with van der Waals surface area (Å²) in [4.78, 5) is 23.1. The number of carbonyl (C=O) groups excluding carboxylic acids is 1. The lowest BCUT2D eigenvalue weighted by Crippen LogP contribution is -2.35. The first-order valence-electron chi connectivity index (χ1n) is 9.74. The van der Waals surface area contributed by atoms with Gasteiger partial charge in [0.1, 0.15) is 11.6 Å². The Bertz CT molecular complexity index is 1200. The summed E-state index contributed by atoms with van der Waals surface area (Å²) in [6.45, 7) is 2.32. The molecule has 1 aliphatic heterocycles. The van der Waals surface area contributed by atoms with Gasteiger partial charge in [0.05, 0.1) is 6.54 Å². The number of hydrogen-bond acceptors (Lipinski definition) is 6. The number of rotatable bonds is 4. The standard InChI is InChI=1S/C22H19N7O/c1-14-23-12-17-10-11-20(30)29(22(17)24-14)13-15-6-8-16(9-7-15)18-4-2-3-5-19(18)21-25-27-28-26-21/h2-9,12H,10-11,13H2,1H3,(H,25,26,27,28). The molecule has 0 fully saturated rings. The van der Waals surface area contributed by atoms with E-state index >= 15 is 0 Å². The summed E-state index contributed by atoms with van der Waals surface area (Å²) in [6.07, 6.45) is 3.00. The minimum atomic E-state index is 0.0899. The third-order valence-electron chi connectivity index (χ3n) is 5.25. The van der Waals surface area contributed by atoms with Crippen LogP contribution in [-0.2, 0) is 17.8 Å². The third-order valence-corrected chi connectivity index (χ3v) is 5.25. The number of aromatic nitrogens is 6. The van der Waals surface area contributed by atoms with Crippen molar-refractivity contribution in [3.05, 3.63) is 71.7 Å². The van der Waals surface area contributed by atoms with Crippen LogP contribution in [0.25, 0.3) is 22.5 Å². The topological polar surface area (TPSA) is 101 Å². The van der Waals surface area contributed by atoms with Crippen molar-refractivity contribution in [2.24, 2.45) is 0 Å². The third kappa shape index (κ3) is 3.32. The van der Waals surface area contributed by atoms with E-state index in [-0.39, 0.29) is 5.91 Å². The quantitative estimate of drug-likeness (QED) is 0.568. The Balaban J connectivity index is 1.44. The van der Waals surface area contributed by atoms with Crippen LogP contribution in [0.2, 0.25) is 0 Å². The number of benzene rings is 2. The van der Waals surface area contributed by atoms with Crippen LogP contribution in [0.1, 0.15) is 23.4 Å². The largest absolute Gasteiger partial charge is 0.292 e. The lowest BCUT2D eigenvalue weighted by molar-refractivity contribution is -0.119. The molecule has 1 aliphatic rings. The molecule has 8 nitrogen and oxygen atoms in total. The monoisotopic (exact) mass is 397 g/mol. The van der Waals surface area contributed by atoms with Crippen LogP contribution >= 0.6 is 0 Å². The molecule has 3 heterocycles. The summed E-state index contributed by atoms with van der Waals surface area (Å²) in [5.41, 5.74) is 5.03. The van der Waals surface area contributed by atoms with E-state index in [1.165, 1.54) is 0 Å². The number of nitrogens with zero attached hydrogens (tertiary/aromatic N) is 6. The molecule has 0 aliphatic carbocycles. The first-order valence-corrected chi connectivity index (χ1v) is 9.74. The summed E-state index contributed by atoms with van der Waals surface area (Å²) in [7, 11) is 0. The second kappa shape index (κ2) is 7.47. The van der Waals surface area contributed by atoms with Crippen molar-refractivity contribution in [2.75, 3.05) is 4.90 Å². The second-order valence-corrected chi connectivity index (χ2v) is 7.22. The zero-order valence-electron chi connectivity index (χ0n) is 16.4. The molecule has 5 rings (SSSR count). The van der Waals surface area contributed by atoms with Gasteiger partial charge in [0.25, 0.3) is 0 Å². The highest BCUT2D eigenvalue weighted by Crippen LogP contribution is 2.31. The van der Waals surface area contributed by atoms with E-state index < -0.39 is 0 Å². The lowest BCUT2D eigenvalue weighted by Gasteiger charge is -2.28. The number of amides is 1. The molecule has 4 aromatic rings. The Hall–Kier alpha value is -3.94. The summed E-state index contributed by atoms with van der Waals surface area (Å²) in [6, 6.07) is 16.1. The van der Waals surface area contributed by atoms with Gasteiger partial charge < -0.3 is 0 Å². The summed E-state index contributed by atoms with van der Waals surface area (Å²) >= 11 is 0. The number of H-pyrrole nitrogens is 1. The highest BCUT2D eigenvalue weighted by molar-refractivity contribution is 5.95. The van der Waals surface area contributed by atoms with Crippen LogP contribution in [0.15, 0.2) is 54.7 Å². The first kappa shape index (κ1) is 18.1. The van der Waals surface area contributed by atoms with Gasteiger partial charge in [-0.2, -0.15) is 5.21 Å². The van der Waals surface area contributed by atoms with Crippen molar-refractivity contribution >= 4 is 11.7 Å². The van der Waals surface area contributed by atoms with E-state index in [1.54, 1.807) is 4.90 Å². The van der Waals surface area contributed by atoms with Crippen LogP contribution in [0.4, 0.5) is 5.82 Å². The Morgan fingerprint density at radius 1 is 1.03 bits per heavy atom. The van der Waals surface area contributed by atoms with Crippen LogP contribution < -0.4 is 4.90 Å². The molecule has 0 bridgehead atoms. The Morgan fingerprint density at radius 3 is 2.60 bits per heavy atom. The van der Waals surface area contributed by atoms with Crippen LogP contribution in [0.3, 0.4) is 0 Å². The van der Waals surface area contributed by atoms with Gasteiger partial charge in [-0.25, -0.2) is 9.97 Å². The fourth-order valence-electron chi connectivity index (χ4n) is 3.73. The summed E-state index contributed by atoms with van der Waals surface area (Å²) < 4.78 is 0. The van der Waals surface area contributed by atoms with Gasteiger partial charge in [0, 0.05) is 23.7 Å². The summed E-state index contributed by atoms with van der Waals surface area (Å²) in [5.74, 6) is 2.04. The van der Waals surface area contributed by atoms with E-state index in [4.69, 9.17) is 0 Å². The van der Waals surface area contributed by atoms with Gasteiger partial charge in [-0.15, -0.1) is 10.2 Å². The molecular formula is C22H19N7O. The zero-order chi connectivity index (χ0) is 20.5. The van der Waals surface area contributed by atoms with Crippen molar-refractivity contribution in [1.82, 2.24) is 30.6 Å². The van der Waals surface area contributed by atoms with Crippen molar-refractivity contribution in [3.8, 4) is 22.5 Å². The van der Waals surface area contributed by atoms with Crippen molar-refractivity contribution < 1.29 is 4.79 Å². The predicted molar refractivity (Wildman–Crippen MR) is 111 cm³/mol. The number of fused-ring (bicyclic) bond motifs is 1. The molecule has 0 saturated carbocycles. The average Bonchev–Trinajstić information content (AvgIpc) is 3.31. The number of aromatic amines is 1.